The van der Waals surface area contributed by atoms with E-state index in [4.69, 9.17) is 14.2 Å². The average molecular weight is 455 g/mol. The molecule has 2 bridgehead atoms. The largest absolute Gasteiger partial charge is 0.473 e. The first-order valence-corrected chi connectivity index (χ1v) is 11.7. The molecule has 0 aromatic carbocycles. The molecule has 5 heterocycles. The van der Waals surface area contributed by atoms with Gasteiger partial charge in [-0.25, -0.2) is 14.8 Å². The summed E-state index contributed by atoms with van der Waals surface area (Å²) in [7, 11) is 1.97. The van der Waals surface area contributed by atoms with E-state index in [0.717, 1.165) is 37.3 Å². The Hall–Kier alpha value is -2.88. The van der Waals surface area contributed by atoms with Gasteiger partial charge in [0.1, 0.15) is 23.9 Å². The molecule has 4 aliphatic rings. The highest BCUT2D eigenvalue weighted by atomic mass is 16.6. The fraction of sp³-hybridized carbons (Fsp3) is 0.652. The molecule has 10 nitrogen and oxygen atoms in total. The Morgan fingerprint density at radius 1 is 1.18 bits per heavy atom. The van der Waals surface area contributed by atoms with Crippen LogP contribution in [0.1, 0.15) is 36.6 Å². The number of piperidine rings is 1. The molecule has 1 amide bonds. The Morgan fingerprint density at radius 2 is 1.94 bits per heavy atom. The Kier molecular flexibility index (Phi) is 4.76. The number of hydrogen-bond acceptors (Lipinski definition) is 8. The molecule has 2 aromatic rings. The van der Waals surface area contributed by atoms with Crippen LogP contribution in [0.3, 0.4) is 0 Å². The number of carbonyl (C=O) groups is 1. The summed E-state index contributed by atoms with van der Waals surface area (Å²) in [5.74, 6) is 1.66. The Labute approximate surface area is 192 Å². The van der Waals surface area contributed by atoms with E-state index < -0.39 is 0 Å². The van der Waals surface area contributed by atoms with Crippen LogP contribution in [0, 0.1) is 18.8 Å². The molecule has 3 fully saturated rings. The molecule has 3 aliphatic heterocycles. The predicted octanol–water partition coefficient (Wildman–Crippen LogP) is 2.05. The van der Waals surface area contributed by atoms with Crippen LogP contribution in [-0.2, 0) is 29.6 Å². The van der Waals surface area contributed by atoms with Crippen LogP contribution in [0.4, 0.5) is 10.6 Å². The van der Waals surface area contributed by atoms with E-state index in [0.29, 0.717) is 32.2 Å². The van der Waals surface area contributed by atoms with Gasteiger partial charge >= 0.3 is 6.09 Å². The molecule has 2 atom stereocenters. The predicted molar refractivity (Wildman–Crippen MR) is 118 cm³/mol. The molecule has 0 radical (unpaired) electrons. The fourth-order valence-electron chi connectivity index (χ4n) is 5.22. The van der Waals surface area contributed by atoms with Crippen molar-refractivity contribution in [1.82, 2.24) is 24.6 Å². The van der Waals surface area contributed by atoms with Crippen LogP contribution in [0.25, 0.3) is 0 Å². The van der Waals surface area contributed by atoms with E-state index in [-0.39, 0.29) is 29.6 Å². The molecule has 2 unspecified atom stereocenters. The number of likely N-dealkylation sites (tertiary alicyclic amines) is 1. The third kappa shape index (κ3) is 3.70. The second kappa shape index (κ2) is 7.58. The van der Waals surface area contributed by atoms with Crippen molar-refractivity contribution in [1.29, 1.82) is 0 Å². The van der Waals surface area contributed by atoms with Gasteiger partial charge in [0.15, 0.2) is 0 Å². The second-order valence-corrected chi connectivity index (χ2v) is 10.1. The lowest BCUT2D eigenvalue weighted by atomic mass is 9.84. The molecule has 1 aliphatic carbocycles. The third-order valence-corrected chi connectivity index (χ3v) is 7.46. The van der Waals surface area contributed by atoms with Gasteiger partial charge in [-0.2, -0.15) is 5.10 Å². The summed E-state index contributed by atoms with van der Waals surface area (Å²) in [6.07, 6.45) is 5.13. The van der Waals surface area contributed by atoms with Crippen molar-refractivity contribution in [2.45, 2.75) is 51.5 Å². The minimum atomic E-state index is -0.268. The van der Waals surface area contributed by atoms with E-state index in [1.54, 1.807) is 6.33 Å². The number of fused-ring (bicyclic) bond motifs is 3. The van der Waals surface area contributed by atoms with Gasteiger partial charge in [-0.05, 0) is 26.7 Å². The quantitative estimate of drug-likeness (QED) is 0.693. The van der Waals surface area contributed by atoms with E-state index in [1.165, 1.54) is 11.3 Å². The number of ether oxygens (including phenoxy) is 3. The number of anilines is 1. The lowest BCUT2D eigenvalue weighted by molar-refractivity contribution is -0.111. The van der Waals surface area contributed by atoms with Crippen LogP contribution in [0.15, 0.2) is 12.5 Å². The Balaban J connectivity index is 1.17. The maximum Gasteiger partial charge on any atom is 0.410 e. The van der Waals surface area contributed by atoms with Crippen LogP contribution in [-0.4, -0.2) is 68.7 Å². The number of nitrogens with zero attached hydrogens (tertiary/aromatic N) is 6. The summed E-state index contributed by atoms with van der Waals surface area (Å²) in [5, 5.41) is 4.34. The average Bonchev–Trinajstić information content (AvgIpc) is 3.20. The molecule has 33 heavy (non-hydrogen) atoms. The van der Waals surface area contributed by atoms with Crippen LogP contribution >= 0.6 is 0 Å². The zero-order chi connectivity index (χ0) is 22.7. The molecule has 2 saturated heterocycles. The van der Waals surface area contributed by atoms with Gasteiger partial charge in [-0.1, -0.05) is 0 Å². The van der Waals surface area contributed by atoms with Crippen molar-refractivity contribution in [3.8, 4) is 5.88 Å². The summed E-state index contributed by atoms with van der Waals surface area (Å²) in [4.78, 5) is 25.8. The normalized spacial score (nSPS) is 27.3. The van der Waals surface area contributed by atoms with E-state index in [9.17, 15) is 4.79 Å². The summed E-state index contributed by atoms with van der Waals surface area (Å²) in [6.45, 7) is 7.82. The van der Waals surface area contributed by atoms with Gasteiger partial charge in [-0.15, -0.1) is 0 Å². The standard InChI is InChI=1S/C23H30N6O4/c1-14-20(28-7-15-6-26-27(3)18(15)10-28)24-13-25-21(14)32-19-16-8-29(9-17(19)12-31-11-16)22(30)33-23(2)4-5-23/h6,13,16-17,19H,4-5,7-12H2,1-3H3. The first kappa shape index (κ1) is 20.7. The fourth-order valence-corrected chi connectivity index (χ4v) is 5.22. The summed E-state index contributed by atoms with van der Waals surface area (Å²) >= 11 is 0. The molecule has 6 rings (SSSR count). The number of carbonyl (C=O) groups excluding carboxylic acids is 1. The summed E-state index contributed by atoms with van der Waals surface area (Å²) in [6, 6.07) is 0. The molecular weight excluding hydrogens is 424 g/mol. The van der Waals surface area contributed by atoms with E-state index in [2.05, 4.69) is 20.0 Å². The number of hydrogen-bond donors (Lipinski definition) is 0. The molecule has 10 heteroatoms. The van der Waals surface area contributed by atoms with E-state index >= 15 is 0 Å². The molecule has 176 valence electrons. The molecule has 2 aromatic heterocycles. The lowest BCUT2D eigenvalue weighted by Gasteiger charge is -2.46. The van der Waals surface area contributed by atoms with Crippen molar-refractivity contribution in [2.75, 3.05) is 31.2 Å². The summed E-state index contributed by atoms with van der Waals surface area (Å²) < 4.78 is 20.0. The zero-order valence-corrected chi connectivity index (χ0v) is 19.4. The molecule has 1 saturated carbocycles. The van der Waals surface area contributed by atoms with E-state index in [1.807, 2.05) is 36.7 Å². The van der Waals surface area contributed by atoms with Crippen molar-refractivity contribution in [3.63, 3.8) is 0 Å². The van der Waals surface area contributed by atoms with Gasteiger partial charge in [0.05, 0.1) is 37.2 Å². The van der Waals surface area contributed by atoms with Crippen LogP contribution < -0.4 is 9.64 Å². The molecule has 0 spiro atoms. The zero-order valence-electron chi connectivity index (χ0n) is 19.4. The first-order chi connectivity index (χ1) is 15.9. The molecule has 0 N–H and O–H groups in total. The minimum absolute atomic E-state index is 0.0549. The van der Waals surface area contributed by atoms with Crippen molar-refractivity contribution >= 4 is 11.9 Å². The van der Waals surface area contributed by atoms with Crippen molar-refractivity contribution in [2.24, 2.45) is 18.9 Å². The lowest BCUT2D eigenvalue weighted by Crippen LogP contribution is -2.59. The van der Waals surface area contributed by atoms with Crippen LogP contribution in [0.5, 0.6) is 5.88 Å². The van der Waals surface area contributed by atoms with Crippen LogP contribution in [0.2, 0.25) is 0 Å². The van der Waals surface area contributed by atoms with Crippen molar-refractivity contribution < 1.29 is 19.0 Å². The smallest absolute Gasteiger partial charge is 0.410 e. The highest BCUT2D eigenvalue weighted by molar-refractivity contribution is 5.68. The van der Waals surface area contributed by atoms with Gasteiger partial charge in [0.2, 0.25) is 5.88 Å². The maximum atomic E-state index is 12.7. The second-order valence-electron chi connectivity index (χ2n) is 10.1. The van der Waals surface area contributed by atoms with Gasteiger partial charge in [-0.3, -0.25) is 4.68 Å². The monoisotopic (exact) mass is 454 g/mol. The SMILES string of the molecule is Cc1c(OC2C3COCC2CN(C(=O)OC2(C)CC2)C3)ncnc1N1Cc2cnn(C)c2C1. The third-order valence-electron chi connectivity index (χ3n) is 7.46. The highest BCUT2D eigenvalue weighted by Gasteiger charge is 2.47. The Morgan fingerprint density at radius 3 is 2.64 bits per heavy atom. The van der Waals surface area contributed by atoms with Gasteiger partial charge in [0.25, 0.3) is 0 Å². The topological polar surface area (TPSA) is 94.8 Å². The Bertz CT molecular complexity index is 1070. The summed E-state index contributed by atoms with van der Waals surface area (Å²) in [5.41, 5.74) is 3.10. The minimum Gasteiger partial charge on any atom is -0.473 e. The first-order valence-electron chi connectivity index (χ1n) is 11.7. The number of aromatic nitrogens is 4. The number of amides is 1. The number of rotatable bonds is 4. The van der Waals surface area contributed by atoms with Crippen molar-refractivity contribution in [3.05, 3.63) is 29.3 Å². The van der Waals surface area contributed by atoms with Gasteiger partial charge in [0, 0.05) is 44.1 Å². The maximum absolute atomic E-state index is 12.7. The van der Waals surface area contributed by atoms with Gasteiger partial charge < -0.3 is 24.0 Å². The highest BCUT2D eigenvalue weighted by Crippen LogP contribution is 2.40. The number of aryl methyl sites for hydroxylation is 1. The molecular formula is C23H30N6O4.